The van der Waals surface area contributed by atoms with Gasteiger partial charge in [0.1, 0.15) is 34.6 Å². The Morgan fingerprint density at radius 1 is 1.31 bits per heavy atom. The minimum atomic E-state index is -1.24. The summed E-state index contributed by atoms with van der Waals surface area (Å²) in [5.41, 5.74) is 0.388. The fourth-order valence-corrected chi connectivity index (χ4v) is 5.75. The molecule has 2 unspecified atom stereocenters. The van der Waals surface area contributed by atoms with Crippen molar-refractivity contribution in [1.82, 2.24) is 25.4 Å². The van der Waals surface area contributed by atoms with Crippen LogP contribution in [-0.4, -0.2) is 83.6 Å². The third-order valence-corrected chi connectivity index (χ3v) is 7.59. The predicted octanol–water partition coefficient (Wildman–Crippen LogP) is 0.903. The van der Waals surface area contributed by atoms with Gasteiger partial charge in [-0.25, -0.2) is 9.78 Å². The number of benzene rings is 1. The van der Waals surface area contributed by atoms with Crippen molar-refractivity contribution in [2.24, 2.45) is 0 Å². The summed E-state index contributed by atoms with van der Waals surface area (Å²) in [4.78, 5) is 53.4. The molecule has 1 fully saturated rings. The van der Waals surface area contributed by atoms with Gasteiger partial charge in [-0.2, -0.15) is 0 Å². The van der Waals surface area contributed by atoms with Gasteiger partial charge in [0.2, 0.25) is 5.16 Å². The van der Waals surface area contributed by atoms with Crippen LogP contribution in [0.5, 0.6) is 5.75 Å². The van der Waals surface area contributed by atoms with Gasteiger partial charge < -0.3 is 20.3 Å². The quantitative estimate of drug-likeness (QED) is 0.259. The number of fused-ring (bicyclic) bond motifs is 1. The highest BCUT2D eigenvalue weighted by Gasteiger charge is 2.54. The summed E-state index contributed by atoms with van der Waals surface area (Å²) in [5.74, 6) is -2.90. The molecule has 0 radical (unpaired) electrons. The van der Waals surface area contributed by atoms with E-state index in [1.165, 1.54) is 23.6 Å². The average Bonchev–Trinajstić information content (AvgIpc) is 3.33. The zero-order chi connectivity index (χ0) is 25.1. The molecule has 1 aromatic heterocycles. The van der Waals surface area contributed by atoms with Crippen LogP contribution in [0.2, 0.25) is 0 Å². The summed E-state index contributed by atoms with van der Waals surface area (Å²) < 4.78 is 5.39. The Bertz CT molecular complexity index is 1190. The monoisotopic (exact) mass is 519 g/mol. The lowest BCUT2D eigenvalue weighted by Gasteiger charge is -2.49. The molecular weight excluding hydrogens is 498 g/mol. The molecular formula is C21H21N5O7S2. The summed E-state index contributed by atoms with van der Waals surface area (Å²) in [5, 5.41) is 27.8. The van der Waals surface area contributed by atoms with Gasteiger partial charge in [-0.1, -0.05) is 30.0 Å². The number of aromatic nitrogens is 3. The zero-order valence-electron chi connectivity index (χ0n) is 18.3. The third kappa shape index (κ3) is 5.27. The molecule has 4 N–H and O–H groups in total. The number of β-lactam (4-membered cyclic amide) rings is 1. The summed E-state index contributed by atoms with van der Waals surface area (Å²) in [6, 6.07) is 7.92. The van der Waals surface area contributed by atoms with Gasteiger partial charge in [0.25, 0.3) is 11.8 Å². The Balaban J connectivity index is 1.38. The van der Waals surface area contributed by atoms with Gasteiger partial charge in [0.05, 0.1) is 0 Å². The molecule has 4 rings (SSSR count). The third-order valence-electron chi connectivity index (χ3n) is 5.32. The van der Waals surface area contributed by atoms with Crippen molar-refractivity contribution in [2.75, 3.05) is 18.1 Å². The molecule has 2 aromatic rings. The first-order valence-corrected chi connectivity index (χ1v) is 12.4. The van der Waals surface area contributed by atoms with Crippen LogP contribution in [0, 0.1) is 0 Å². The van der Waals surface area contributed by atoms with E-state index in [1.54, 1.807) is 24.3 Å². The molecule has 2 amide bonds. The maximum Gasteiger partial charge on any atom is 0.352 e. The Labute approximate surface area is 207 Å². The van der Waals surface area contributed by atoms with Crippen LogP contribution >= 0.6 is 23.5 Å². The van der Waals surface area contributed by atoms with Crippen molar-refractivity contribution in [2.45, 2.75) is 29.4 Å². The highest BCUT2D eigenvalue weighted by molar-refractivity contribution is 8.01. The van der Waals surface area contributed by atoms with E-state index < -0.39 is 41.1 Å². The van der Waals surface area contributed by atoms with Crippen molar-refractivity contribution in [1.29, 1.82) is 0 Å². The number of amides is 2. The first-order valence-electron chi connectivity index (χ1n) is 10.4. The lowest BCUT2D eigenvalue weighted by Crippen LogP contribution is -2.70. The maximum absolute atomic E-state index is 12.7. The van der Waals surface area contributed by atoms with Crippen LogP contribution in [-0.2, 0) is 19.2 Å². The van der Waals surface area contributed by atoms with Crippen molar-refractivity contribution >= 4 is 47.3 Å². The first-order chi connectivity index (χ1) is 16.8. The fourth-order valence-electron chi connectivity index (χ4n) is 3.46. The second-order valence-electron chi connectivity index (χ2n) is 7.67. The van der Waals surface area contributed by atoms with E-state index >= 15 is 0 Å². The smallest absolute Gasteiger partial charge is 0.352 e. The van der Waals surface area contributed by atoms with E-state index in [0.29, 0.717) is 17.1 Å². The molecule has 1 saturated heterocycles. The number of carbonyl (C=O) groups excluding carboxylic acids is 2. The van der Waals surface area contributed by atoms with Gasteiger partial charge in [-0.3, -0.25) is 24.4 Å². The normalized spacial score (nSPS) is 20.0. The van der Waals surface area contributed by atoms with Crippen molar-refractivity contribution < 1.29 is 34.1 Å². The highest BCUT2D eigenvalue weighted by atomic mass is 32.2. The van der Waals surface area contributed by atoms with Crippen LogP contribution in [0.3, 0.4) is 0 Å². The topological polar surface area (TPSA) is 175 Å². The highest BCUT2D eigenvalue weighted by Crippen LogP contribution is 2.41. The number of ether oxygens (including phenoxy) is 1. The Morgan fingerprint density at radius 3 is 2.74 bits per heavy atom. The number of rotatable bonds is 10. The van der Waals surface area contributed by atoms with E-state index in [1.807, 2.05) is 6.07 Å². The van der Waals surface area contributed by atoms with Gasteiger partial charge in [-0.05, 0) is 24.6 Å². The van der Waals surface area contributed by atoms with Gasteiger partial charge in [0.15, 0.2) is 6.61 Å². The van der Waals surface area contributed by atoms with Crippen molar-refractivity contribution in [3.63, 3.8) is 0 Å². The lowest BCUT2D eigenvalue weighted by molar-refractivity contribution is -0.150. The number of nitrogens with zero attached hydrogens (tertiary/aromatic N) is 3. The number of aliphatic carboxylic acids is 2. The van der Waals surface area contributed by atoms with E-state index in [9.17, 15) is 24.3 Å². The summed E-state index contributed by atoms with van der Waals surface area (Å²) >= 11 is 2.49. The molecule has 0 saturated carbocycles. The minimum Gasteiger partial charge on any atom is -0.484 e. The first kappa shape index (κ1) is 24.6. The number of aromatic amines is 1. The van der Waals surface area contributed by atoms with Crippen LogP contribution < -0.4 is 10.1 Å². The molecule has 3 atom stereocenters. The van der Waals surface area contributed by atoms with Crippen molar-refractivity contribution in [3.05, 3.63) is 47.4 Å². The van der Waals surface area contributed by atoms with Crippen molar-refractivity contribution in [3.8, 4) is 5.75 Å². The summed E-state index contributed by atoms with van der Waals surface area (Å²) in [6.07, 6.45) is 0. The number of carbonyl (C=O) groups is 4. The van der Waals surface area contributed by atoms with Crippen LogP contribution in [0.4, 0.5) is 0 Å². The zero-order valence-corrected chi connectivity index (χ0v) is 20.0. The molecule has 0 aliphatic carbocycles. The predicted molar refractivity (Wildman–Crippen MR) is 125 cm³/mol. The molecule has 0 bridgehead atoms. The summed E-state index contributed by atoms with van der Waals surface area (Å²) in [7, 11) is 0. The Hall–Kier alpha value is -3.52. The van der Waals surface area contributed by atoms with E-state index in [2.05, 4.69) is 20.5 Å². The van der Waals surface area contributed by atoms with E-state index in [4.69, 9.17) is 9.84 Å². The van der Waals surface area contributed by atoms with Gasteiger partial charge in [0, 0.05) is 11.5 Å². The fraction of sp³-hybridized carbons (Fsp3) is 0.333. The minimum absolute atomic E-state index is 0.119. The second-order valence-corrected chi connectivity index (χ2v) is 9.71. The van der Waals surface area contributed by atoms with Gasteiger partial charge in [-0.15, -0.1) is 16.9 Å². The maximum atomic E-state index is 12.7. The number of para-hydroxylation sites is 1. The molecule has 2 aliphatic rings. The number of carboxylic acid groups (broad SMARTS) is 2. The molecule has 184 valence electrons. The lowest BCUT2D eigenvalue weighted by atomic mass is 10.0. The van der Waals surface area contributed by atoms with Crippen LogP contribution in [0.25, 0.3) is 0 Å². The van der Waals surface area contributed by atoms with Crippen LogP contribution in [0.1, 0.15) is 18.7 Å². The van der Waals surface area contributed by atoms with E-state index in [0.717, 1.165) is 11.8 Å². The number of thioether (sulfide) groups is 2. The average molecular weight is 520 g/mol. The molecule has 14 heteroatoms. The standard InChI is InChI=1S/C21H21N5O7S2/c1-10(19(29)30)16-23-21(25-24-16)35-9-11-8-34-18-14(17(28)26(18)15(11)20(31)32)22-13(27)7-33-12-5-3-2-4-6-12/h2-6,10,14,18H,7-9H2,1H3,(H,22,27)(H,29,30)(H,31,32)(H,23,24,25)/t10?,14?,18-/m1/s1. The molecule has 12 nitrogen and oxygen atoms in total. The number of hydrogen-bond acceptors (Lipinski definition) is 9. The molecule has 3 heterocycles. The second kappa shape index (κ2) is 10.4. The number of hydrogen-bond donors (Lipinski definition) is 4. The van der Waals surface area contributed by atoms with Crippen LogP contribution in [0.15, 0.2) is 46.8 Å². The van der Waals surface area contributed by atoms with Gasteiger partial charge >= 0.3 is 11.9 Å². The summed E-state index contributed by atoms with van der Waals surface area (Å²) in [6.45, 7) is 1.20. The Kier molecular flexibility index (Phi) is 7.31. The largest absolute Gasteiger partial charge is 0.484 e. The number of nitrogens with one attached hydrogen (secondary N) is 2. The van der Waals surface area contributed by atoms with E-state index in [-0.39, 0.29) is 29.0 Å². The Morgan fingerprint density at radius 2 is 2.06 bits per heavy atom. The number of H-pyrrole nitrogens is 1. The molecule has 2 aliphatic heterocycles. The molecule has 1 aromatic carbocycles. The SMILES string of the molecule is CC(C(=O)O)c1nc(SCC2=C(C(=O)O)N3C(=O)C(NC(=O)COc4ccccc4)[C@H]3SC2)n[nH]1. The number of carboxylic acids is 2. The molecule has 35 heavy (non-hydrogen) atoms. The molecule has 0 spiro atoms.